The van der Waals surface area contributed by atoms with Gasteiger partial charge in [0.25, 0.3) is 0 Å². The lowest BCUT2D eigenvalue weighted by Crippen LogP contribution is -2.04. The van der Waals surface area contributed by atoms with E-state index < -0.39 is 0 Å². The third-order valence-corrected chi connectivity index (χ3v) is 3.19. The van der Waals surface area contributed by atoms with Gasteiger partial charge in [0.05, 0.1) is 19.3 Å². The van der Waals surface area contributed by atoms with Crippen molar-refractivity contribution in [3.8, 4) is 17.1 Å². The fourth-order valence-corrected chi connectivity index (χ4v) is 2.15. The third-order valence-electron chi connectivity index (χ3n) is 3.19. The Kier molecular flexibility index (Phi) is 3.51. The molecule has 0 saturated carbocycles. The topological polar surface area (TPSA) is 78.9 Å². The molecule has 0 unspecified atom stereocenters. The summed E-state index contributed by atoms with van der Waals surface area (Å²) in [4.78, 5) is 0. The molecule has 6 nitrogen and oxygen atoms in total. The molecule has 0 fully saturated rings. The third kappa shape index (κ3) is 2.69. The van der Waals surface area contributed by atoms with E-state index in [-0.39, 0.29) is 0 Å². The van der Waals surface area contributed by atoms with Crippen molar-refractivity contribution in [2.24, 2.45) is 0 Å². The van der Waals surface area contributed by atoms with Crippen LogP contribution in [0.5, 0.6) is 5.75 Å². The predicted molar refractivity (Wildman–Crippen MR) is 79.8 cm³/mol. The van der Waals surface area contributed by atoms with E-state index in [1.807, 2.05) is 48.5 Å². The van der Waals surface area contributed by atoms with Crippen LogP contribution in [-0.2, 0) is 6.54 Å². The molecule has 0 aliphatic rings. The van der Waals surface area contributed by atoms with Gasteiger partial charge in [-0.3, -0.25) is 0 Å². The van der Waals surface area contributed by atoms with Gasteiger partial charge >= 0.3 is 0 Å². The number of tetrazole rings is 1. The number of methoxy groups -OCH3 is 1. The lowest BCUT2D eigenvalue weighted by atomic mass is 10.1. The van der Waals surface area contributed by atoms with Crippen molar-refractivity contribution < 1.29 is 4.74 Å². The number of ether oxygens (including phenoxy) is 1. The second-order valence-electron chi connectivity index (χ2n) is 4.60. The Hall–Kier alpha value is -2.89. The van der Waals surface area contributed by atoms with Crippen LogP contribution in [0.1, 0.15) is 5.56 Å². The average Bonchev–Trinajstić information content (AvgIpc) is 2.96. The molecule has 0 atom stereocenters. The highest BCUT2D eigenvalue weighted by atomic mass is 16.5. The van der Waals surface area contributed by atoms with Crippen LogP contribution in [0.3, 0.4) is 0 Å². The number of nitrogens with two attached hydrogens (primary N) is 1. The van der Waals surface area contributed by atoms with Crippen molar-refractivity contribution in [1.29, 1.82) is 0 Å². The number of hydrogen-bond donors (Lipinski definition) is 1. The molecule has 6 heteroatoms. The Labute approximate surface area is 122 Å². The molecular weight excluding hydrogens is 266 g/mol. The molecule has 2 N–H and O–H groups in total. The molecule has 106 valence electrons. The van der Waals surface area contributed by atoms with Gasteiger partial charge in [-0.25, -0.2) is 4.68 Å². The number of hydrogen-bond acceptors (Lipinski definition) is 5. The summed E-state index contributed by atoms with van der Waals surface area (Å²) in [7, 11) is 1.59. The maximum atomic E-state index is 5.94. The van der Waals surface area contributed by atoms with Crippen LogP contribution in [0, 0.1) is 0 Å². The average molecular weight is 281 g/mol. The van der Waals surface area contributed by atoms with E-state index in [9.17, 15) is 0 Å². The predicted octanol–water partition coefficient (Wildman–Crippen LogP) is 1.98. The van der Waals surface area contributed by atoms with Gasteiger partial charge in [-0.05, 0) is 34.2 Å². The zero-order valence-corrected chi connectivity index (χ0v) is 11.6. The van der Waals surface area contributed by atoms with Gasteiger partial charge in [0.2, 0.25) is 0 Å². The summed E-state index contributed by atoms with van der Waals surface area (Å²) in [5, 5.41) is 11.9. The van der Waals surface area contributed by atoms with Gasteiger partial charge in [0, 0.05) is 5.56 Å². The Bertz CT molecular complexity index is 739. The SMILES string of the molecule is COc1ccc(-c2nnnn2Cc2ccccc2)cc1N. The van der Waals surface area contributed by atoms with Crippen LogP contribution in [0.4, 0.5) is 5.69 Å². The fourth-order valence-electron chi connectivity index (χ4n) is 2.15. The number of rotatable bonds is 4. The van der Waals surface area contributed by atoms with Crippen LogP contribution in [0.2, 0.25) is 0 Å². The van der Waals surface area contributed by atoms with Gasteiger partial charge in [-0.15, -0.1) is 5.10 Å². The van der Waals surface area contributed by atoms with Crippen LogP contribution < -0.4 is 10.5 Å². The van der Waals surface area contributed by atoms with Crippen molar-refractivity contribution in [2.75, 3.05) is 12.8 Å². The first-order chi connectivity index (χ1) is 10.3. The number of nitrogens with zero attached hydrogens (tertiary/aromatic N) is 4. The summed E-state index contributed by atoms with van der Waals surface area (Å²) < 4.78 is 6.91. The summed E-state index contributed by atoms with van der Waals surface area (Å²) in [6, 6.07) is 15.5. The fraction of sp³-hybridized carbons (Fsp3) is 0.133. The van der Waals surface area contributed by atoms with Gasteiger partial charge in [0.1, 0.15) is 5.75 Å². The highest BCUT2D eigenvalue weighted by molar-refractivity contribution is 5.66. The minimum absolute atomic E-state index is 0.560. The molecule has 0 saturated heterocycles. The maximum Gasteiger partial charge on any atom is 0.182 e. The summed E-state index contributed by atoms with van der Waals surface area (Å²) >= 11 is 0. The Morgan fingerprint density at radius 2 is 1.95 bits per heavy atom. The minimum atomic E-state index is 0.560. The summed E-state index contributed by atoms with van der Waals surface area (Å²) in [5.41, 5.74) is 8.49. The molecule has 0 radical (unpaired) electrons. The van der Waals surface area contributed by atoms with E-state index in [4.69, 9.17) is 10.5 Å². The van der Waals surface area contributed by atoms with Gasteiger partial charge in [-0.1, -0.05) is 30.3 Å². The molecule has 3 aromatic rings. The molecule has 0 amide bonds. The standard InChI is InChI=1S/C15H15N5O/c1-21-14-8-7-12(9-13(14)16)15-17-18-19-20(15)10-11-5-3-2-4-6-11/h2-9H,10,16H2,1H3. The van der Waals surface area contributed by atoms with E-state index >= 15 is 0 Å². The molecule has 21 heavy (non-hydrogen) atoms. The van der Waals surface area contributed by atoms with Crippen molar-refractivity contribution in [2.45, 2.75) is 6.54 Å². The molecule has 1 heterocycles. The molecule has 3 rings (SSSR count). The largest absolute Gasteiger partial charge is 0.495 e. The Morgan fingerprint density at radius 1 is 1.14 bits per heavy atom. The zero-order chi connectivity index (χ0) is 14.7. The zero-order valence-electron chi connectivity index (χ0n) is 11.6. The van der Waals surface area contributed by atoms with Crippen molar-refractivity contribution >= 4 is 5.69 Å². The van der Waals surface area contributed by atoms with Crippen molar-refractivity contribution in [3.05, 3.63) is 54.1 Å². The molecule has 2 aromatic carbocycles. The van der Waals surface area contributed by atoms with Crippen molar-refractivity contribution in [3.63, 3.8) is 0 Å². The number of aromatic nitrogens is 4. The summed E-state index contributed by atoms with van der Waals surface area (Å²) in [5.74, 6) is 1.31. The Balaban J connectivity index is 1.93. The first kappa shape index (κ1) is 13.1. The maximum absolute atomic E-state index is 5.94. The molecular formula is C15H15N5O. The first-order valence-electron chi connectivity index (χ1n) is 6.52. The van der Waals surface area contributed by atoms with E-state index in [0.717, 1.165) is 11.1 Å². The lowest BCUT2D eigenvalue weighted by molar-refractivity contribution is 0.417. The van der Waals surface area contributed by atoms with E-state index in [0.29, 0.717) is 23.8 Å². The minimum Gasteiger partial charge on any atom is -0.495 e. The van der Waals surface area contributed by atoms with Crippen LogP contribution in [0.15, 0.2) is 48.5 Å². The quantitative estimate of drug-likeness (QED) is 0.740. The van der Waals surface area contributed by atoms with Gasteiger partial charge in [-0.2, -0.15) is 0 Å². The lowest BCUT2D eigenvalue weighted by Gasteiger charge is -2.08. The second-order valence-corrected chi connectivity index (χ2v) is 4.60. The molecule has 1 aromatic heterocycles. The molecule has 0 spiro atoms. The van der Waals surface area contributed by atoms with Gasteiger partial charge in [0.15, 0.2) is 5.82 Å². The normalized spacial score (nSPS) is 10.5. The smallest absolute Gasteiger partial charge is 0.182 e. The summed E-state index contributed by atoms with van der Waals surface area (Å²) in [6.45, 7) is 0.606. The number of nitrogen functional groups attached to an aromatic ring is 1. The molecule has 0 aliphatic carbocycles. The second kappa shape index (κ2) is 5.62. The van der Waals surface area contributed by atoms with Gasteiger partial charge < -0.3 is 10.5 Å². The van der Waals surface area contributed by atoms with E-state index in [1.54, 1.807) is 11.8 Å². The molecule has 0 bridgehead atoms. The van der Waals surface area contributed by atoms with E-state index in [2.05, 4.69) is 15.5 Å². The van der Waals surface area contributed by atoms with E-state index in [1.165, 1.54) is 0 Å². The van der Waals surface area contributed by atoms with Crippen LogP contribution >= 0.6 is 0 Å². The number of anilines is 1. The monoisotopic (exact) mass is 281 g/mol. The molecule has 0 aliphatic heterocycles. The Morgan fingerprint density at radius 3 is 2.67 bits per heavy atom. The first-order valence-corrected chi connectivity index (χ1v) is 6.52. The highest BCUT2D eigenvalue weighted by Crippen LogP contribution is 2.27. The van der Waals surface area contributed by atoms with Crippen LogP contribution in [0.25, 0.3) is 11.4 Å². The van der Waals surface area contributed by atoms with Crippen LogP contribution in [-0.4, -0.2) is 27.3 Å². The van der Waals surface area contributed by atoms with Crippen molar-refractivity contribution in [1.82, 2.24) is 20.2 Å². The number of benzene rings is 2. The highest BCUT2D eigenvalue weighted by Gasteiger charge is 2.11. The summed E-state index contributed by atoms with van der Waals surface area (Å²) in [6.07, 6.45) is 0.